The second-order valence-electron chi connectivity index (χ2n) is 7.94. The summed E-state index contributed by atoms with van der Waals surface area (Å²) >= 11 is 0. The average molecular weight is 464 g/mol. The van der Waals surface area contributed by atoms with Gasteiger partial charge in [-0.25, -0.2) is 22.0 Å². The van der Waals surface area contributed by atoms with Crippen molar-refractivity contribution in [1.29, 1.82) is 0 Å². The first-order chi connectivity index (χ1) is 15.1. The molecule has 0 bridgehead atoms. The lowest BCUT2D eigenvalue weighted by Gasteiger charge is -2.29. The van der Waals surface area contributed by atoms with Crippen LogP contribution >= 0.6 is 0 Å². The lowest BCUT2D eigenvalue weighted by atomic mass is 9.91. The molecule has 1 fully saturated rings. The monoisotopic (exact) mass is 464 g/mol. The van der Waals surface area contributed by atoms with Crippen molar-refractivity contribution >= 4 is 0 Å². The normalized spacial score (nSPS) is 19.2. The molecule has 0 saturated carbocycles. The second-order valence-corrected chi connectivity index (χ2v) is 7.94. The second kappa shape index (κ2) is 10.1. The molecule has 3 rings (SSSR count). The zero-order valence-electron chi connectivity index (χ0n) is 17.4. The highest BCUT2D eigenvalue weighted by Gasteiger charge is 2.33. The van der Waals surface area contributed by atoms with E-state index in [9.17, 15) is 30.7 Å². The van der Waals surface area contributed by atoms with Gasteiger partial charge in [-0.2, -0.15) is 8.78 Å². The topological polar surface area (TPSA) is 18.5 Å². The van der Waals surface area contributed by atoms with Crippen LogP contribution in [0.1, 0.15) is 56.3 Å². The Morgan fingerprint density at radius 3 is 2.25 bits per heavy atom. The minimum Gasteiger partial charge on any atom is -0.432 e. The van der Waals surface area contributed by atoms with Crippen LogP contribution in [0.2, 0.25) is 0 Å². The van der Waals surface area contributed by atoms with Crippen LogP contribution in [0.3, 0.4) is 0 Å². The molecule has 2 aromatic rings. The van der Waals surface area contributed by atoms with Crippen molar-refractivity contribution in [3.63, 3.8) is 0 Å². The summed E-state index contributed by atoms with van der Waals surface area (Å²) in [5.74, 6) is -8.14. The van der Waals surface area contributed by atoms with Gasteiger partial charge in [-0.15, -0.1) is 0 Å². The van der Waals surface area contributed by atoms with Gasteiger partial charge in [-0.05, 0) is 37.2 Å². The zero-order valence-corrected chi connectivity index (χ0v) is 17.4. The number of hydrogen-bond donors (Lipinski definition) is 0. The van der Waals surface area contributed by atoms with Crippen molar-refractivity contribution in [3.8, 4) is 5.75 Å². The molecule has 9 heteroatoms. The van der Waals surface area contributed by atoms with Gasteiger partial charge in [0.2, 0.25) is 0 Å². The Kier molecular flexibility index (Phi) is 7.69. The SMILES string of the molecule is CCCC1CCC(c2ccc(CCC(F)(F)Oc3cc(F)c(F)c(F)c3)c(F)c2F)OC1. The molecule has 32 heavy (non-hydrogen) atoms. The molecule has 0 aromatic heterocycles. The molecule has 0 radical (unpaired) electrons. The Hall–Kier alpha value is -2.29. The Labute approximate surface area is 181 Å². The molecule has 2 aromatic carbocycles. The molecule has 2 unspecified atom stereocenters. The fourth-order valence-corrected chi connectivity index (χ4v) is 3.83. The third-order valence-corrected chi connectivity index (χ3v) is 5.52. The van der Waals surface area contributed by atoms with E-state index in [0.29, 0.717) is 18.9 Å². The summed E-state index contributed by atoms with van der Waals surface area (Å²) in [5, 5.41) is 0. The Bertz CT molecular complexity index is 917. The van der Waals surface area contributed by atoms with Crippen LogP contribution in [-0.4, -0.2) is 12.7 Å². The van der Waals surface area contributed by atoms with Gasteiger partial charge in [-0.1, -0.05) is 25.5 Å². The summed E-state index contributed by atoms with van der Waals surface area (Å²) in [7, 11) is 0. The van der Waals surface area contributed by atoms with E-state index in [0.717, 1.165) is 19.3 Å². The van der Waals surface area contributed by atoms with Gasteiger partial charge in [0, 0.05) is 17.7 Å². The van der Waals surface area contributed by atoms with E-state index in [1.807, 2.05) is 0 Å². The fraction of sp³-hybridized carbons (Fsp3) is 0.478. The highest BCUT2D eigenvalue weighted by molar-refractivity contribution is 5.29. The third kappa shape index (κ3) is 5.74. The maximum absolute atomic E-state index is 14.6. The first kappa shape index (κ1) is 24.4. The maximum atomic E-state index is 14.6. The molecule has 0 N–H and O–H groups in total. The number of ether oxygens (including phenoxy) is 2. The lowest BCUT2D eigenvalue weighted by molar-refractivity contribution is -0.180. The number of benzene rings is 2. The average Bonchev–Trinajstić information content (AvgIpc) is 2.74. The fourth-order valence-electron chi connectivity index (χ4n) is 3.83. The van der Waals surface area contributed by atoms with Gasteiger partial charge in [0.15, 0.2) is 29.1 Å². The maximum Gasteiger partial charge on any atom is 0.398 e. The summed E-state index contributed by atoms with van der Waals surface area (Å²) in [6.07, 6.45) is -2.88. The quantitative estimate of drug-likeness (QED) is 0.303. The standard InChI is InChI=1S/C23H23F7O2/c1-2-3-13-4-7-19(31-12-13)16-6-5-14(20(26)21(16)27)8-9-23(29,30)32-15-10-17(24)22(28)18(25)11-15/h5-6,10-11,13,19H,2-4,7-9,12H2,1H3. The third-order valence-electron chi connectivity index (χ3n) is 5.52. The van der Waals surface area contributed by atoms with Crippen molar-refractivity contribution in [2.24, 2.45) is 5.92 Å². The Balaban J connectivity index is 1.64. The minimum atomic E-state index is -3.96. The van der Waals surface area contributed by atoms with Crippen LogP contribution in [0, 0.1) is 35.0 Å². The first-order valence-corrected chi connectivity index (χ1v) is 10.4. The van der Waals surface area contributed by atoms with Crippen LogP contribution in [0.15, 0.2) is 24.3 Å². The van der Waals surface area contributed by atoms with Crippen LogP contribution in [0.25, 0.3) is 0 Å². The van der Waals surface area contributed by atoms with Crippen LogP contribution in [0.4, 0.5) is 30.7 Å². The summed E-state index contributed by atoms with van der Waals surface area (Å²) in [5.41, 5.74) is -0.257. The predicted octanol–water partition coefficient (Wildman–Crippen LogP) is 7.25. The van der Waals surface area contributed by atoms with E-state index < -0.39 is 59.9 Å². The van der Waals surface area contributed by atoms with E-state index in [-0.39, 0.29) is 23.3 Å². The number of aryl methyl sites for hydroxylation is 1. The van der Waals surface area contributed by atoms with Crippen LogP contribution < -0.4 is 4.74 Å². The number of halogens is 7. The molecule has 176 valence electrons. The number of rotatable bonds is 8. The summed E-state index contributed by atoms with van der Waals surface area (Å²) in [6, 6.07) is 3.08. The molecule has 0 amide bonds. The molecule has 1 aliphatic heterocycles. The van der Waals surface area contributed by atoms with Crippen molar-refractivity contribution in [3.05, 3.63) is 64.5 Å². The molecular formula is C23H23F7O2. The van der Waals surface area contributed by atoms with E-state index in [1.54, 1.807) is 0 Å². The van der Waals surface area contributed by atoms with Gasteiger partial charge in [0.05, 0.1) is 19.1 Å². The van der Waals surface area contributed by atoms with Crippen molar-refractivity contribution in [2.75, 3.05) is 6.61 Å². The molecule has 0 aliphatic carbocycles. The smallest absolute Gasteiger partial charge is 0.398 e. The summed E-state index contributed by atoms with van der Waals surface area (Å²) < 4.78 is 106. The van der Waals surface area contributed by atoms with Gasteiger partial charge in [0.1, 0.15) is 5.75 Å². The number of alkyl halides is 2. The molecule has 2 nitrogen and oxygen atoms in total. The van der Waals surface area contributed by atoms with Gasteiger partial charge >= 0.3 is 6.11 Å². The summed E-state index contributed by atoms with van der Waals surface area (Å²) in [4.78, 5) is 0. The highest BCUT2D eigenvalue weighted by Crippen LogP contribution is 2.35. The van der Waals surface area contributed by atoms with Crippen LogP contribution in [-0.2, 0) is 11.2 Å². The molecule has 1 saturated heterocycles. The first-order valence-electron chi connectivity index (χ1n) is 10.4. The number of hydrogen-bond acceptors (Lipinski definition) is 2. The molecule has 0 spiro atoms. The molecule has 1 heterocycles. The predicted molar refractivity (Wildman–Crippen MR) is 103 cm³/mol. The van der Waals surface area contributed by atoms with Crippen molar-refractivity contribution in [1.82, 2.24) is 0 Å². The largest absolute Gasteiger partial charge is 0.432 e. The lowest BCUT2D eigenvalue weighted by Crippen LogP contribution is -2.26. The van der Waals surface area contributed by atoms with Crippen LogP contribution in [0.5, 0.6) is 5.75 Å². The van der Waals surface area contributed by atoms with E-state index in [4.69, 9.17) is 4.74 Å². The van der Waals surface area contributed by atoms with E-state index >= 15 is 0 Å². The van der Waals surface area contributed by atoms with Gasteiger partial charge in [0.25, 0.3) is 0 Å². The van der Waals surface area contributed by atoms with Crippen molar-refractivity contribution in [2.45, 2.75) is 57.7 Å². The zero-order chi connectivity index (χ0) is 23.5. The van der Waals surface area contributed by atoms with E-state index in [2.05, 4.69) is 11.7 Å². The van der Waals surface area contributed by atoms with Gasteiger partial charge < -0.3 is 9.47 Å². The van der Waals surface area contributed by atoms with Gasteiger partial charge in [-0.3, -0.25) is 0 Å². The molecule has 2 atom stereocenters. The Morgan fingerprint density at radius 1 is 0.969 bits per heavy atom. The minimum absolute atomic E-state index is 0.0430. The van der Waals surface area contributed by atoms with E-state index in [1.165, 1.54) is 12.1 Å². The molecule has 1 aliphatic rings. The van der Waals surface area contributed by atoms with Crippen molar-refractivity contribution < 1.29 is 40.2 Å². The highest BCUT2D eigenvalue weighted by atomic mass is 19.3. The Morgan fingerprint density at radius 2 is 1.66 bits per heavy atom. The summed E-state index contributed by atoms with van der Waals surface area (Å²) in [6.45, 7) is 2.51. The molecular weight excluding hydrogens is 441 g/mol.